The molecule has 2 nitrogen and oxygen atoms in total. The van der Waals surface area contributed by atoms with Gasteiger partial charge in [-0.1, -0.05) is 0 Å². The van der Waals surface area contributed by atoms with Gasteiger partial charge in [-0.05, 0) is 59.8 Å². The average molecular weight is 308 g/mol. The monoisotopic (exact) mass is 307 g/mol. The van der Waals surface area contributed by atoms with Crippen molar-refractivity contribution in [3.8, 4) is 0 Å². The molecule has 1 N–H and O–H groups in total. The highest BCUT2D eigenvalue weighted by atomic mass is 35.5. The van der Waals surface area contributed by atoms with E-state index in [1.807, 2.05) is 0 Å². The van der Waals surface area contributed by atoms with Crippen molar-refractivity contribution in [1.29, 1.82) is 0 Å². The zero-order chi connectivity index (χ0) is 13.9. The van der Waals surface area contributed by atoms with Gasteiger partial charge in [-0.15, -0.1) is 0 Å². The fourth-order valence-electron chi connectivity index (χ4n) is 1.41. The van der Waals surface area contributed by atoms with Crippen LogP contribution in [0.3, 0.4) is 0 Å². The molecule has 0 fully saturated rings. The maximum Gasteiger partial charge on any atom is 0.446 e. The second-order valence-corrected chi connectivity index (χ2v) is 5.14. The van der Waals surface area contributed by atoms with E-state index in [4.69, 9.17) is 16.0 Å². The molecule has 0 aliphatic carbocycles. The van der Waals surface area contributed by atoms with Crippen LogP contribution < -0.4 is 5.32 Å². The number of rotatable bonds is 4. The van der Waals surface area contributed by atoms with Crippen LogP contribution in [0.15, 0.2) is 45.7 Å². The quantitative estimate of drug-likeness (QED) is 0.790. The van der Waals surface area contributed by atoms with Crippen LogP contribution in [0.2, 0.25) is 5.22 Å². The van der Waals surface area contributed by atoms with Crippen molar-refractivity contribution >= 4 is 29.1 Å². The Morgan fingerprint density at radius 1 is 1.11 bits per heavy atom. The average Bonchev–Trinajstić information content (AvgIpc) is 2.72. The molecule has 0 unspecified atom stereocenters. The van der Waals surface area contributed by atoms with Gasteiger partial charge < -0.3 is 9.73 Å². The number of anilines is 1. The molecule has 7 heteroatoms. The Bertz CT molecular complexity index is 539. The number of benzene rings is 1. The predicted octanol–water partition coefficient (Wildman–Crippen LogP) is 5.16. The predicted molar refractivity (Wildman–Crippen MR) is 69.4 cm³/mol. The van der Waals surface area contributed by atoms with E-state index in [0.717, 1.165) is 0 Å². The largest absolute Gasteiger partial charge is 0.448 e. The first-order chi connectivity index (χ1) is 8.92. The maximum absolute atomic E-state index is 12.1. The van der Waals surface area contributed by atoms with Crippen molar-refractivity contribution in [1.82, 2.24) is 0 Å². The molecule has 0 saturated heterocycles. The molecule has 19 heavy (non-hydrogen) atoms. The highest BCUT2D eigenvalue weighted by molar-refractivity contribution is 8.00. The first-order valence-corrected chi connectivity index (χ1v) is 6.46. The molecule has 0 spiro atoms. The molecule has 0 atom stereocenters. The highest BCUT2D eigenvalue weighted by Crippen LogP contribution is 2.37. The molecule has 2 aromatic rings. The number of thioether (sulfide) groups is 1. The van der Waals surface area contributed by atoms with Crippen LogP contribution in [0.5, 0.6) is 0 Å². The van der Waals surface area contributed by atoms with Gasteiger partial charge in [-0.25, -0.2) is 0 Å². The number of halogens is 4. The van der Waals surface area contributed by atoms with Gasteiger partial charge in [0, 0.05) is 10.6 Å². The summed E-state index contributed by atoms with van der Waals surface area (Å²) >= 11 is 5.48. The van der Waals surface area contributed by atoms with Gasteiger partial charge in [0.05, 0.1) is 6.54 Å². The van der Waals surface area contributed by atoms with Gasteiger partial charge >= 0.3 is 5.51 Å². The van der Waals surface area contributed by atoms with Crippen molar-refractivity contribution in [3.05, 3.63) is 47.4 Å². The molecule has 0 radical (unpaired) electrons. The highest BCUT2D eigenvalue weighted by Gasteiger charge is 2.28. The van der Waals surface area contributed by atoms with Crippen molar-refractivity contribution in [2.24, 2.45) is 0 Å². The fourth-order valence-corrected chi connectivity index (χ4v) is 2.11. The van der Waals surface area contributed by atoms with E-state index in [-0.39, 0.29) is 16.7 Å². The van der Waals surface area contributed by atoms with Gasteiger partial charge in [0.25, 0.3) is 0 Å². The standard InChI is InChI=1S/C12H9ClF3NOS/c13-11-6-3-9(18-11)7-17-8-1-4-10(5-2-8)19-12(14,15)16/h1-6,17H,7H2. The summed E-state index contributed by atoms with van der Waals surface area (Å²) in [5.41, 5.74) is -3.56. The first-order valence-electron chi connectivity index (χ1n) is 5.26. The van der Waals surface area contributed by atoms with E-state index < -0.39 is 5.51 Å². The Hall–Kier alpha value is -1.27. The molecule has 1 aromatic carbocycles. The number of hydrogen-bond acceptors (Lipinski definition) is 3. The smallest absolute Gasteiger partial charge is 0.446 e. The van der Waals surface area contributed by atoms with E-state index in [1.54, 1.807) is 24.3 Å². The molecule has 0 bridgehead atoms. The summed E-state index contributed by atoms with van der Waals surface area (Å²) in [6.45, 7) is 0.415. The van der Waals surface area contributed by atoms with Gasteiger partial charge in [0.1, 0.15) is 5.76 Å². The van der Waals surface area contributed by atoms with Gasteiger partial charge in [-0.3, -0.25) is 0 Å². The van der Waals surface area contributed by atoms with Crippen LogP contribution in [0, 0.1) is 0 Å². The topological polar surface area (TPSA) is 25.2 Å². The van der Waals surface area contributed by atoms with Gasteiger partial charge in [0.15, 0.2) is 5.22 Å². The fraction of sp³-hybridized carbons (Fsp3) is 0.167. The number of alkyl halides is 3. The molecular weight excluding hydrogens is 299 g/mol. The molecule has 1 heterocycles. The number of furan rings is 1. The number of hydrogen-bond donors (Lipinski definition) is 1. The van der Waals surface area contributed by atoms with Crippen LogP contribution in [0.1, 0.15) is 5.76 Å². The van der Waals surface area contributed by atoms with Gasteiger partial charge in [-0.2, -0.15) is 13.2 Å². The second-order valence-electron chi connectivity index (χ2n) is 3.63. The van der Waals surface area contributed by atoms with Crippen LogP contribution in [0.4, 0.5) is 18.9 Å². The van der Waals surface area contributed by atoms with E-state index in [9.17, 15) is 13.2 Å². The summed E-state index contributed by atoms with van der Waals surface area (Å²) in [7, 11) is 0. The molecule has 1 aromatic heterocycles. The Kier molecular flexibility index (Phi) is 4.31. The molecule has 0 saturated carbocycles. The Morgan fingerprint density at radius 3 is 2.32 bits per heavy atom. The summed E-state index contributed by atoms with van der Waals surface area (Å²) in [4.78, 5) is 0.152. The van der Waals surface area contributed by atoms with E-state index in [0.29, 0.717) is 23.2 Å². The molecule has 0 amide bonds. The van der Waals surface area contributed by atoms with Gasteiger partial charge in [0.2, 0.25) is 0 Å². The lowest BCUT2D eigenvalue weighted by Crippen LogP contribution is -2.00. The van der Waals surface area contributed by atoms with Crippen molar-refractivity contribution in [2.75, 3.05) is 5.32 Å². The summed E-state index contributed by atoms with van der Waals surface area (Å²) in [5, 5.41) is 3.32. The normalized spacial score (nSPS) is 11.6. The third-order valence-corrected chi connectivity index (χ3v) is 3.13. The van der Waals surface area contributed by atoms with E-state index in [2.05, 4.69) is 5.32 Å². The third kappa shape index (κ3) is 4.72. The van der Waals surface area contributed by atoms with Crippen molar-refractivity contribution in [3.63, 3.8) is 0 Å². The Labute approximate surface area is 116 Å². The van der Waals surface area contributed by atoms with Crippen LogP contribution in [-0.4, -0.2) is 5.51 Å². The molecule has 0 aliphatic rings. The lowest BCUT2D eigenvalue weighted by molar-refractivity contribution is -0.0328. The zero-order valence-electron chi connectivity index (χ0n) is 9.50. The Morgan fingerprint density at radius 2 is 1.79 bits per heavy atom. The summed E-state index contributed by atoms with van der Waals surface area (Å²) in [6, 6.07) is 9.34. The minimum Gasteiger partial charge on any atom is -0.448 e. The SMILES string of the molecule is FC(F)(F)Sc1ccc(NCc2ccc(Cl)o2)cc1. The second kappa shape index (κ2) is 5.79. The lowest BCUT2D eigenvalue weighted by atomic mass is 10.3. The van der Waals surface area contributed by atoms with Crippen molar-refractivity contribution < 1.29 is 17.6 Å². The molecule has 102 valence electrons. The zero-order valence-corrected chi connectivity index (χ0v) is 11.1. The molecular formula is C12H9ClF3NOS. The molecule has 0 aliphatic heterocycles. The van der Waals surface area contributed by atoms with Crippen LogP contribution in [0.25, 0.3) is 0 Å². The lowest BCUT2D eigenvalue weighted by Gasteiger charge is -2.07. The summed E-state index contributed by atoms with van der Waals surface area (Å²) in [6.07, 6.45) is 0. The first kappa shape index (κ1) is 14.1. The number of nitrogens with one attached hydrogen (secondary N) is 1. The van der Waals surface area contributed by atoms with E-state index in [1.165, 1.54) is 12.1 Å². The summed E-state index contributed by atoms with van der Waals surface area (Å²) < 4.78 is 41.6. The third-order valence-electron chi connectivity index (χ3n) is 2.18. The minimum atomic E-state index is -4.26. The van der Waals surface area contributed by atoms with Crippen molar-refractivity contribution in [2.45, 2.75) is 16.9 Å². The van der Waals surface area contributed by atoms with Crippen LogP contribution >= 0.6 is 23.4 Å². The Balaban J connectivity index is 1.91. The van der Waals surface area contributed by atoms with Crippen LogP contribution in [-0.2, 0) is 6.54 Å². The summed E-state index contributed by atoms with van der Waals surface area (Å²) in [5.74, 6) is 0.652. The molecule has 2 rings (SSSR count). The van der Waals surface area contributed by atoms with E-state index >= 15 is 0 Å². The maximum atomic E-state index is 12.1. The minimum absolute atomic E-state index is 0.136.